The summed E-state index contributed by atoms with van der Waals surface area (Å²) in [6.45, 7) is 6.12. The van der Waals surface area contributed by atoms with Crippen LogP contribution >= 0.6 is 0 Å². The maximum absolute atomic E-state index is 12.7. The number of nitriles is 1. The maximum atomic E-state index is 12.7. The largest absolute Gasteiger partial charge is 0.378 e. The van der Waals surface area contributed by atoms with Gasteiger partial charge in [0.15, 0.2) is 0 Å². The topological polar surface area (TPSA) is 64.9 Å². The van der Waals surface area contributed by atoms with Gasteiger partial charge in [-0.05, 0) is 44.9 Å². The van der Waals surface area contributed by atoms with E-state index in [2.05, 4.69) is 30.6 Å². The van der Waals surface area contributed by atoms with Crippen molar-refractivity contribution in [3.05, 3.63) is 70.8 Å². The molecule has 0 spiro atoms. The second-order valence-corrected chi connectivity index (χ2v) is 7.02. The third kappa shape index (κ3) is 3.56. The van der Waals surface area contributed by atoms with E-state index in [-0.39, 0.29) is 11.1 Å². The van der Waals surface area contributed by atoms with Gasteiger partial charge in [-0.2, -0.15) is 5.26 Å². The Bertz CT molecular complexity index is 886. The highest BCUT2D eigenvalue weighted by molar-refractivity contribution is 6.12. The van der Waals surface area contributed by atoms with E-state index < -0.39 is 5.91 Å². The molecule has 2 aromatic rings. The molecule has 0 unspecified atom stereocenters. The number of rotatable bonds is 2. The van der Waals surface area contributed by atoms with Crippen molar-refractivity contribution in [2.45, 2.75) is 32.7 Å². The molecule has 1 aliphatic heterocycles. The van der Waals surface area contributed by atoms with Crippen LogP contribution in [0.15, 0.2) is 54.1 Å². The van der Waals surface area contributed by atoms with Gasteiger partial charge < -0.3 is 10.6 Å². The van der Waals surface area contributed by atoms with Gasteiger partial charge >= 0.3 is 0 Å². The fourth-order valence-corrected chi connectivity index (χ4v) is 3.09. The molecular formula is C21H21N3O. The molecule has 0 aromatic heterocycles. The number of hydrogen-bond donors (Lipinski definition) is 2. The quantitative estimate of drug-likeness (QED) is 0.650. The zero-order chi connectivity index (χ0) is 18.0. The van der Waals surface area contributed by atoms with E-state index in [0.29, 0.717) is 11.4 Å². The molecule has 1 aliphatic rings. The summed E-state index contributed by atoms with van der Waals surface area (Å²) in [7, 11) is 0. The van der Waals surface area contributed by atoms with Gasteiger partial charge in [-0.25, -0.2) is 0 Å². The van der Waals surface area contributed by atoms with E-state index in [0.717, 1.165) is 23.1 Å². The Labute approximate surface area is 148 Å². The van der Waals surface area contributed by atoms with Crippen molar-refractivity contribution in [2.24, 2.45) is 0 Å². The van der Waals surface area contributed by atoms with Crippen LogP contribution in [0.2, 0.25) is 0 Å². The summed E-state index contributed by atoms with van der Waals surface area (Å²) in [6.07, 6.45) is 0.838. The van der Waals surface area contributed by atoms with Crippen LogP contribution in [0.4, 0.5) is 5.69 Å². The molecule has 1 amide bonds. The predicted molar refractivity (Wildman–Crippen MR) is 99.7 cm³/mol. The molecule has 2 N–H and O–H groups in total. The first-order valence-corrected chi connectivity index (χ1v) is 8.28. The van der Waals surface area contributed by atoms with E-state index in [1.165, 1.54) is 0 Å². The minimum atomic E-state index is -0.402. The Morgan fingerprint density at radius 1 is 1.16 bits per heavy atom. The molecule has 25 heavy (non-hydrogen) atoms. The summed E-state index contributed by atoms with van der Waals surface area (Å²) in [5.74, 6) is -0.402. The Balaban J connectivity index is 2.02. The minimum absolute atomic E-state index is 0.0980. The molecule has 3 rings (SSSR count). The van der Waals surface area contributed by atoms with Gasteiger partial charge in [0.25, 0.3) is 5.91 Å². The summed E-state index contributed by atoms with van der Waals surface area (Å²) < 4.78 is 0. The summed E-state index contributed by atoms with van der Waals surface area (Å²) in [5.41, 5.74) is 4.30. The van der Waals surface area contributed by atoms with Crippen LogP contribution in [0.5, 0.6) is 0 Å². The molecule has 0 aliphatic carbocycles. The first-order valence-electron chi connectivity index (χ1n) is 8.28. The van der Waals surface area contributed by atoms with Gasteiger partial charge in [0.2, 0.25) is 0 Å². The maximum Gasteiger partial charge on any atom is 0.268 e. The van der Waals surface area contributed by atoms with Crippen molar-refractivity contribution in [1.82, 2.24) is 5.32 Å². The molecule has 4 heteroatoms. The number of nitrogens with one attached hydrogen (secondary N) is 2. The van der Waals surface area contributed by atoms with Gasteiger partial charge in [-0.1, -0.05) is 42.0 Å². The number of aryl methyl sites for hydroxylation is 1. The standard InChI is InChI=1S/C21H21N3O/c1-14-8-10-16(11-9-14)23-20(25)18(13-22)19-17-7-5-4-6-15(17)12-21(2,3)24-19/h4-11,24H,12H2,1-3H3,(H,23,25)/b19-18+. The second-order valence-electron chi connectivity index (χ2n) is 7.02. The number of anilines is 1. The Morgan fingerprint density at radius 3 is 2.52 bits per heavy atom. The number of carbonyl (C=O) groups excluding carboxylic acids is 1. The van der Waals surface area contributed by atoms with Crippen LogP contribution in [-0.4, -0.2) is 11.4 Å². The molecule has 0 saturated heterocycles. The lowest BCUT2D eigenvalue weighted by Gasteiger charge is -2.36. The van der Waals surface area contributed by atoms with Crippen LogP contribution in [0.3, 0.4) is 0 Å². The molecule has 126 valence electrons. The number of benzene rings is 2. The van der Waals surface area contributed by atoms with Crippen LogP contribution < -0.4 is 10.6 Å². The van der Waals surface area contributed by atoms with Crippen molar-refractivity contribution in [3.63, 3.8) is 0 Å². The van der Waals surface area contributed by atoms with E-state index in [1.54, 1.807) is 0 Å². The molecular weight excluding hydrogens is 310 g/mol. The average Bonchev–Trinajstić information content (AvgIpc) is 2.56. The van der Waals surface area contributed by atoms with Crippen molar-refractivity contribution >= 4 is 17.3 Å². The number of nitrogens with zero attached hydrogens (tertiary/aromatic N) is 1. The van der Waals surface area contributed by atoms with Crippen LogP contribution in [0.1, 0.15) is 30.5 Å². The number of amides is 1. The van der Waals surface area contributed by atoms with Crippen molar-refractivity contribution in [3.8, 4) is 6.07 Å². The highest BCUT2D eigenvalue weighted by Crippen LogP contribution is 2.31. The van der Waals surface area contributed by atoms with Gasteiger partial charge in [0, 0.05) is 16.8 Å². The fourth-order valence-electron chi connectivity index (χ4n) is 3.09. The molecule has 0 atom stereocenters. The normalized spacial score (nSPS) is 16.9. The lowest BCUT2D eigenvalue weighted by Crippen LogP contribution is -2.44. The molecule has 0 radical (unpaired) electrons. The van der Waals surface area contributed by atoms with Gasteiger partial charge in [0.1, 0.15) is 11.6 Å². The highest BCUT2D eigenvalue weighted by atomic mass is 16.1. The zero-order valence-corrected chi connectivity index (χ0v) is 14.7. The Hall–Kier alpha value is -3.06. The van der Waals surface area contributed by atoms with E-state index >= 15 is 0 Å². The highest BCUT2D eigenvalue weighted by Gasteiger charge is 2.30. The summed E-state index contributed by atoms with van der Waals surface area (Å²) in [6, 6.07) is 17.5. The van der Waals surface area contributed by atoms with E-state index in [9.17, 15) is 10.1 Å². The molecule has 0 saturated carbocycles. The van der Waals surface area contributed by atoms with Gasteiger partial charge in [-0.3, -0.25) is 4.79 Å². The smallest absolute Gasteiger partial charge is 0.268 e. The van der Waals surface area contributed by atoms with Crippen molar-refractivity contribution < 1.29 is 4.79 Å². The molecule has 1 heterocycles. The number of fused-ring (bicyclic) bond motifs is 1. The third-order valence-corrected chi connectivity index (χ3v) is 4.28. The van der Waals surface area contributed by atoms with Crippen molar-refractivity contribution in [1.29, 1.82) is 5.26 Å². The first kappa shape index (κ1) is 16.8. The summed E-state index contributed by atoms with van der Waals surface area (Å²) in [4.78, 5) is 12.7. The first-order chi connectivity index (χ1) is 11.9. The molecule has 0 fully saturated rings. The van der Waals surface area contributed by atoms with Gasteiger partial charge in [-0.15, -0.1) is 0 Å². The summed E-state index contributed by atoms with van der Waals surface area (Å²) >= 11 is 0. The predicted octanol–water partition coefficient (Wildman–Crippen LogP) is 3.79. The van der Waals surface area contributed by atoms with Crippen molar-refractivity contribution in [2.75, 3.05) is 5.32 Å². The van der Waals surface area contributed by atoms with Crippen LogP contribution in [-0.2, 0) is 11.2 Å². The van der Waals surface area contributed by atoms with Crippen LogP contribution in [0.25, 0.3) is 5.70 Å². The Morgan fingerprint density at radius 2 is 1.84 bits per heavy atom. The zero-order valence-electron chi connectivity index (χ0n) is 14.7. The number of hydrogen-bond acceptors (Lipinski definition) is 3. The van der Waals surface area contributed by atoms with Gasteiger partial charge in [0.05, 0.1) is 5.70 Å². The number of carbonyl (C=O) groups is 1. The molecule has 0 bridgehead atoms. The van der Waals surface area contributed by atoms with E-state index in [4.69, 9.17) is 0 Å². The average molecular weight is 331 g/mol. The third-order valence-electron chi connectivity index (χ3n) is 4.28. The summed E-state index contributed by atoms with van der Waals surface area (Å²) in [5, 5.41) is 15.8. The monoisotopic (exact) mass is 331 g/mol. The SMILES string of the molecule is Cc1ccc(NC(=O)/C(C#N)=C2/NC(C)(C)Cc3ccccc32)cc1. The van der Waals surface area contributed by atoms with E-state index in [1.807, 2.05) is 55.5 Å². The second kappa shape index (κ2) is 6.45. The van der Waals surface area contributed by atoms with Crippen LogP contribution in [0, 0.1) is 18.3 Å². The molecule has 4 nitrogen and oxygen atoms in total. The fraction of sp³-hybridized carbons (Fsp3) is 0.238. The lowest BCUT2D eigenvalue weighted by molar-refractivity contribution is -0.112. The molecule has 2 aromatic carbocycles. The Kier molecular flexibility index (Phi) is 4.33. The minimum Gasteiger partial charge on any atom is -0.378 e. The lowest BCUT2D eigenvalue weighted by atomic mass is 9.84.